The number of hydrogen-bond donors (Lipinski definition) is 2. The van der Waals surface area contributed by atoms with E-state index in [1.54, 1.807) is 18.2 Å². The molecule has 3 N–H and O–H groups in total. The number of aliphatic imine (C=N–C) groups is 1. The van der Waals surface area contributed by atoms with Crippen LogP contribution >= 0.6 is 0 Å². The molecule has 0 saturated heterocycles. The van der Waals surface area contributed by atoms with Crippen LogP contribution < -0.4 is 5.73 Å². The van der Waals surface area contributed by atoms with E-state index in [0.29, 0.717) is 22.5 Å². The fraction of sp³-hybridized carbons (Fsp3) is 0.158. The molecule has 1 aliphatic rings. The Morgan fingerprint density at radius 3 is 2.71 bits per heavy atom. The number of hydrogen-bond acceptors (Lipinski definition) is 7. The van der Waals surface area contributed by atoms with Gasteiger partial charge in [0.1, 0.15) is 12.4 Å². The Labute approximate surface area is 159 Å². The molecule has 0 aliphatic carbocycles. The average Bonchev–Trinajstić information content (AvgIpc) is 3.32. The van der Waals surface area contributed by atoms with Crippen molar-refractivity contribution in [1.29, 1.82) is 0 Å². The highest BCUT2D eigenvalue weighted by molar-refractivity contribution is 6.09. The lowest BCUT2D eigenvalue weighted by atomic mass is 9.82. The number of carbonyl (C=O) groups excluding carboxylic acids is 1. The van der Waals surface area contributed by atoms with E-state index in [0.717, 1.165) is 0 Å². The van der Waals surface area contributed by atoms with E-state index in [-0.39, 0.29) is 17.4 Å². The van der Waals surface area contributed by atoms with Gasteiger partial charge in [0.15, 0.2) is 23.7 Å². The summed E-state index contributed by atoms with van der Waals surface area (Å²) < 4.78 is 18.5. The van der Waals surface area contributed by atoms with Gasteiger partial charge in [-0.15, -0.1) is 0 Å². The Hall–Kier alpha value is -3.75. The first-order valence-corrected chi connectivity index (χ1v) is 8.34. The van der Waals surface area contributed by atoms with E-state index in [4.69, 9.17) is 10.2 Å². The van der Waals surface area contributed by atoms with Crippen molar-refractivity contribution in [1.82, 2.24) is 14.9 Å². The molecule has 0 saturated carbocycles. The van der Waals surface area contributed by atoms with Gasteiger partial charge in [0.25, 0.3) is 5.91 Å². The number of phenols is 1. The second kappa shape index (κ2) is 6.45. The van der Waals surface area contributed by atoms with Crippen LogP contribution in [0.25, 0.3) is 11.3 Å². The number of oxazole rings is 1. The van der Waals surface area contributed by atoms with Gasteiger partial charge in [0.2, 0.25) is 0 Å². The first kappa shape index (κ1) is 17.7. The number of aromatic hydroxyl groups is 1. The standard InChI is InChI=1S/C19H16FN5O3/c1-25-17(27)19(24-18(25)21,12-4-5-23-13(6-12)8-20)11-2-3-15(26)14(7-11)16-9-22-10-28-16/h2-7,9-10,26H,8H2,1H3,(H2,21,24). The maximum Gasteiger partial charge on any atom is 0.266 e. The molecule has 8 nitrogen and oxygen atoms in total. The zero-order valence-corrected chi connectivity index (χ0v) is 14.8. The first-order valence-electron chi connectivity index (χ1n) is 8.34. The van der Waals surface area contributed by atoms with Crippen LogP contribution in [-0.4, -0.2) is 38.9 Å². The third kappa shape index (κ3) is 2.51. The Balaban J connectivity index is 1.98. The number of alkyl halides is 1. The minimum absolute atomic E-state index is 0.0258. The highest BCUT2D eigenvalue weighted by Crippen LogP contribution is 2.42. The Bertz CT molecular complexity index is 1080. The smallest absolute Gasteiger partial charge is 0.266 e. The molecule has 2 aromatic heterocycles. The second-order valence-corrected chi connectivity index (χ2v) is 6.31. The third-order valence-corrected chi connectivity index (χ3v) is 4.72. The Kier molecular flexibility index (Phi) is 4.07. The number of nitrogens with zero attached hydrogens (tertiary/aromatic N) is 4. The molecule has 0 fully saturated rings. The number of guanidine groups is 1. The predicted molar refractivity (Wildman–Crippen MR) is 97.8 cm³/mol. The summed E-state index contributed by atoms with van der Waals surface area (Å²) in [5, 5.41) is 10.3. The van der Waals surface area contributed by atoms with Gasteiger partial charge in [-0.05, 0) is 35.4 Å². The van der Waals surface area contributed by atoms with Gasteiger partial charge in [-0.2, -0.15) is 0 Å². The lowest BCUT2D eigenvalue weighted by Crippen LogP contribution is -2.41. The number of pyridine rings is 1. The zero-order valence-electron chi connectivity index (χ0n) is 14.8. The number of likely N-dealkylation sites (N-methyl/N-ethyl adjacent to an activating group) is 1. The predicted octanol–water partition coefficient (Wildman–Crippen LogP) is 1.94. The summed E-state index contributed by atoms with van der Waals surface area (Å²) in [7, 11) is 1.51. The maximum absolute atomic E-state index is 13.2. The number of amides is 1. The Morgan fingerprint density at radius 2 is 2.07 bits per heavy atom. The monoisotopic (exact) mass is 381 g/mol. The van der Waals surface area contributed by atoms with Crippen molar-refractivity contribution in [3.05, 3.63) is 65.9 Å². The van der Waals surface area contributed by atoms with E-state index in [2.05, 4.69) is 15.0 Å². The number of aromatic nitrogens is 2. The van der Waals surface area contributed by atoms with Gasteiger partial charge in [-0.25, -0.2) is 14.4 Å². The summed E-state index contributed by atoms with van der Waals surface area (Å²) in [6.45, 7) is -0.786. The van der Waals surface area contributed by atoms with Crippen LogP contribution in [0.4, 0.5) is 4.39 Å². The van der Waals surface area contributed by atoms with Crippen LogP contribution in [0.3, 0.4) is 0 Å². The molecule has 4 rings (SSSR count). The molecule has 28 heavy (non-hydrogen) atoms. The molecule has 1 amide bonds. The molecule has 1 unspecified atom stereocenters. The topological polar surface area (TPSA) is 118 Å². The summed E-state index contributed by atoms with van der Waals surface area (Å²) in [6.07, 6.45) is 4.10. The quantitative estimate of drug-likeness (QED) is 0.713. The van der Waals surface area contributed by atoms with Gasteiger partial charge in [-0.3, -0.25) is 14.7 Å². The van der Waals surface area contributed by atoms with Gasteiger partial charge < -0.3 is 15.3 Å². The van der Waals surface area contributed by atoms with E-state index in [1.165, 1.54) is 42.9 Å². The summed E-state index contributed by atoms with van der Waals surface area (Å²) in [5.74, 6) is -0.108. The molecule has 9 heteroatoms. The molecule has 0 bridgehead atoms. The van der Waals surface area contributed by atoms with Crippen LogP contribution in [-0.2, 0) is 17.0 Å². The molecule has 3 heterocycles. The summed E-state index contributed by atoms with van der Waals surface area (Å²) in [5.41, 5.74) is 5.77. The van der Waals surface area contributed by atoms with Crippen molar-refractivity contribution >= 4 is 11.9 Å². The normalized spacial score (nSPS) is 19.1. The molecule has 1 aliphatic heterocycles. The lowest BCUT2D eigenvalue weighted by Gasteiger charge is -2.26. The van der Waals surface area contributed by atoms with Gasteiger partial charge >= 0.3 is 0 Å². The molecule has 0 spiro atoms. The molecular weight excluding hydrogens is 365 g/mol. The molecule has 3 aromatic rings. The van der Waals surface area contributed by atoms with Crippen molar-refractivity contribution in [2.75, 3.05) is 7.05 Å². The van der Waals surface area contributed by atoms with Crippen LogP contribution in [0.15, 0.2) is 58.5 Å². The SMILES string of the molecule is CN1C(=O)C(c2ccnc(CF)c2)(c2ccc(O)c(-c3cnco3)c2)N=C1N. The van der Waals surface area contributed by atoms with Gasteiger partial charge in [0.05, 0.1) is 17.5 Å². The largest absolute Gasteiger partial charge is 0.507 e. The molecule has 1 aromatic carbocycles. The second-order valence-electron chi connectivity index (χ2n) is 6.31. The molecular formula is C19H16FN5O3. The molecule has 0 radical (unpaired) electrons. The van der Waals surface area contributed by atoms with Crippen molar-refractivity contribution in [2.24, 2.45) is 10.7 Å². The van der Waals surface area contributed by atoms with Crippen molar-refractivity contribution < 1.29 is 18.7 Å². The minimum Gasteiger partial charge on any atom is -0.507 e. The van der Waals surface area contributed by atoms with Gasteiger partial charge in [-0.1, -0.05) is 6.07 Å². The van der Waals surface area contributed by atoms with Gasteiger partial charge in [0, 0.05) is 13.2 Å². The number of rotatable bonds is 4. The fourth-order valence-electron chi connectivity index (χ4n) is 3.27. The molecule has 1 atom stereocenters. The number of carbonyl (C=O) groups is 1. The highest BCUT2D eigenvalue weighted by atomic mass is 19.1. The summed E-state index contributed by atoms with van der Waals surface area (Å²) >= 11 is 0. The van der Waals surface area contributed by atoms with Crippen molar-refractivity contribution in [2.45, 2.75) is 12.2 Å². The number of nitrogens with two attached hydrogens (primary N) is 1. The Morgan fingerprint density at radius 1 is 1.29 bits per heavy atom. The zero-order chi connectivity index (χ0) is 19.9. The number of phenolic OH excluding ortho intramolecular Hbond substituents is 1. The van der Waals surface area contributed by atoms with Crippen LogP contribution in [0.2, 0.25) is 0 Å². The average molecular weight is 381 g/mol. The van der Waals surface area contributed by atoms with E-state index in [9.17, 15) is 14.3 Å². The summed E-state index contributed by atoms with van der Waals surface area (Å²) in [6, 6.07) is 7.66. The van der Waals surface area contributed by atoms with Crippen LogP contribution in [0.1, 0.15) is 16.8 Å². The van der Waals surface area contributed by atoms with E-state index >= 15 is 0 Å². The number of halogens is 1. The maximum atomic E-state index is 13.2. The summed E-state index contributed by atoms with van der Waals surface area (Å²) in [4.78, 5) is 26.7. The third-order valence-electron chi connectivity index (χ3n) is 4.72. The van der Waals surface area contributed by atoms with E-state index < -0.39 is 18.1 Å². The fourth-order valence-corrected chi connectivity index (χ4v) is 3.27. The minimum atomic E-state index is -1.53. The van der Waals surface area contributed by atoms with Crippen LogP contribution in [0.5, 0.6) is 5.75 Å². The lowest BCUT2D eigenvalue weighted by molar-refractivity contribution is -0.129. The van der Waals surface area contributed by atoms with Crippen LogP contribution in [0, 0.1) is 0 Å². The van der Waals surface area contributed by atoms with Crippen molar-refractivity contribution in [3.63, 3.8) is 0 Å². The first-order chi connectivity index (χ1) is 13.5. The number of benzene rings is 1. The molecule has 142 valence electrons. The highest BCUT2D eigenvalue weighted by Gasteiger charge is 2.50. The van der Waals surface area contributed by atoms with Crippen molar-refractivity contribution in [3.8, 4) is 17.1 Å². The van der Waals surface area contributed by atoms with E-state index in [1.807, 2.05) is 0 Å².